The second kappa shape index (κ2) is 4.18. The van der Waals surface area contributed by atoms with Crippen molar-refractivity contribution in [2.45, 2.75) is 26.3 Å². The van der Waals surface area contributed by atoms with Crippen LogP contribution in [0.25, 0.3) is 0 Å². The predicted molar refractivity (Wildman–Crippen MR) is 64.9 cm³/mol. The Morgan fingerprint density at radius 1 is 1.69 bits per heavy atom. The number of hydrogen-bond acceptors (Lipinski definition) is 3. The summed E-state index contributed by atoms with van der Waals surface area (Å²) in [5, 5.41) is 7.57. The second-order valence-corrected chi connectivity index (χ2v) is 5.60. The molecule has 1 aromatic rings. The molecule has 2 unspecified atom stereocenters. The van der Waals surface area contributed by atoms with Gasteiger partial charge in [-0.05, 0) is 24.3 Å². The van der Waals surface area contributed by atoms with Crippen molar-refractivity contribution >= 4 is 0 Å². The molecule has 2 atom stereocenters. The Hall–Kier alpha value is -0.870. The van der Waals surface area contributed by atoms with E-state index in [2.05, 4.69) is 24.3 Å². The van der Waals surface area contributed by atoms with Gasteiger partial charge >= 0.3 is 0 Å². The molecule has 0 spiro atoms. The normalized spacial score (nSPS) is 24.4. The molecule has 1 saturated carbocycles. The fourth-order valence-corrected chi connectivity index (χ4v) is 2.09. The minimum atomic E-state index is 0.0514. The molecule has 0 amide bonds. The molecule has 0 bridgehead atoms. The van der Waals surface area contributed by atoms with E-state index in [0.29, 0.717) is 5.41 Å². The van der Waals surface area contributed by atoms with Crippen molar-refractivity contribution in [3.05, 3.63) is 18.0 Å². The molecule has 2 rings (SSSR count). The third-order valence-electron chi connectivity index (χ3n) is 3.63. The van der Waals surface area contributed by atoms with Gasteiger partial charge in [-0.25, -0.2) is 0 Å². The molecule has 3 N–H and O–H groups in total. The van der Waals surface area contributed by atoms with Gasteiger partial charge in [0.15, 0.2) is 0 Å². The van der Waals surface area contributed by atoms with E-state index in [1.54, 1.807) is 4.68 Å². The summed E-state index contributed by atoms with van der Waals surface area (Å²) in [5.41, 5.74) is 7.72. The summed E-state index contributed by atoms with van der Waals surface area (Å²) in [4.78, 5) is 0. The van der Waals surface area contributed by atoms with E-state index in [-0.39, 0.29) is 6.04 Å². The molecule has 4 heteroatoms. The number of aromatic nitrogens is 2. The number of hydrogen-bond donors (Lipinski definition) is 2. The molecule has 4 nitrogen and oxygen atoms in total. The maximum Gasteiger partial charge on any atom is 0.0537 e. The Kier molecular flexibility index (Phi) is 3.04. The predicted octanol–water partition coefficient (Wildman–Crippen LogP) is 1.06. The maximum absolute atomic E-state index is 6.07. The first-order valence-electron chi connectivity index (χ1n) is 5.94. The standard InChI is InChI=1S/C12H22N4/c1-12(2)4-10(12)6-14-7-11(13)9-5-15-16(3)8-9/h5,8,10-11,14H,4,6-7,13H2,1-3H3. The van der Waals surface area contributed by atoms with Crippen LogP contribution in [0.2, 0.25) is 0 Å². The number of nitrogens with two attached hydrogens (primary N) is 1. The molecule has 1 aliphatic rings. The van der Waals surface area contributed by atoms with Gasteiger partial charge in [0.25, 0.3) is 0 Å². The highest BCUT2D eigenvalue weighted by Gasteiger charge is 2.44. The van der Waals surface area contributed by atoms with Gasteiger partial charge in [-0.3, -0.25) is 4.68 Å². The average Bonchev–Trinajstić information content (AvgIpc) is 2.61. The highest BCUT2D eigenvalue weighted by atomic mass is 15.2. The van der Waals surface area contributed by atoms with Crippen LogP contribution in [0, 0.1) is 11.3 Å². The highest BCUT2D eigenvalue weighted by molar-refractivity contribution is 5.10. The van der Waals surface area contributed by atoms with Gasteiger partial charge in [0.05, 0.1) is 6.20 Å². The van der Waals surface area contributed by atoms with Crippen LogP contribution in [0.5, 0.6) is 0 Å². The van der Waals surface area contributed by atoms with Crippen LogP contribution in [0.4, 0.5) is 0 Å². The lowest BCUT2D eigenvalue weighted by atomic mass is 10.1. The molecule has 0 aromatic carbocycles. The first-order valence-corrected chi connectivity index (χ1v) is 5.94. The van der Waals surface area contributed by atoms with Crippen LogP contribution >= 0.6 is 0 Å². The largest absolute Gasteiger partial charge is 0.323 e. The van der Waals surface area contributed by atoms with Crippen LogP contribution in [-0.4, -0.2) is 22.9 Å². The molecule has 0 radical (unpaired) electrons. The molecule has 1 aromatic heterocycles. The summed E-state index contributed by atoms with van der Waals surface area (Å²) >= 11 is 0. The quantitative estimate of drug-likeness (QED) is 0.783. The zero-order valence-electron chi connectivity index (χ0n) is 10.4. The first kappa shape index (κ1) is 11.6. The molecule has 1 fully saturated rings. The SMILES string of the molecule is Cn1cc(C(N)CNCC2CC2(C)C)cn1. The number of nitrogens with one attached hydrogen (secondary N) is 1. The van der Waals surface area contributed by atoms with Gasteiger partial charge in [0.1, 0.15) is 0 Å². The Morgan fingerprint density at radius 2 is 2.38 bits per heavy atom. The average molecular weight is 222 g/mol. The van der Waals surface area contributed by atoms with Crippen LogP contribution in [0.3, 0.4) is 0 Å². The summed E-state index contributed by atoms with van der Waals surface area (Å²) in [6.07, 6.45) is 5.16. The summed E-state index contributed by atoms with van der Waals surface area (Å²) in [5.74, 6) is 0.827. The Balaban J connectivity index is 1.70. The number of nitrogens with zero attached hydrogens (tertiary/aromatic N) is 2. The minimum Gasteiger partial charge on any atom is -0.323 e. The van der Waals surface area contributed by atoms with Gasteiger partial charge in [-0.2, -0.15) is 5.10 Å². The van der Waals surface area contributed by atoms with Crippen molar-refractivity contribution in [2.75, 3.05) is 13.1 Å². The lowest BCUT2D eigenvalue weighted by molar-refractivity contribution is 0.503. The van der Waals surface area contributed by atoms with Gasteiger partial charge in [-0.15, -0.1) is 0 Å². The molecule has 0 saturated heterocycles. The van der Waals surface area contributed by atoms with Crippen molar-refractivity contribution in [1.82, 2.24) is 15.1 Å². The van der Waals surface area contributed by atoms with E-state index >= 15 is 0 Å². The van der Waals surface area contributed by atoms with Crippen molar-refractivity contribution in [2.24, 2.45) is 24.1 Å². The lowest BCUT2D eigenvalue weighted by Gasteiger charge is -2.11. The number of rotatable bonds is 5. The lowest BCUT2D eigenvalue weighted by Crippen LogP contribution is -2.28. The van der Waals surface area contributed by atoms with Gasteiger partial charge in [0, 0.05) is 31.4 Å². The fourth-order valence-electron chi connectivity index (χ4n) is 2.09. The monoisotopic (exact) mass is 222 g/mol. The van der Waals surface area contributed by atoms with Gasteiger partial charge < -0.3 is 11.1 Å². The van der Waals surface area contributed by atoms with Crippen LogP contribution in [-0.2, 0) is 7.05 Å². The third-order valence-corrected chi connectivity index (χ3v) is 3.63. The van der Waals surface area contributed by atoms with E-state index in [1.807, 2.05) is 19.4 Å². The molecular weight excluding hydrogens is 200 g/mol. The van der Waals surface area contributed by atoms with E-state index in [9.17, 15) is 0 Å². The van der Waals surface area contributed by atoms with E-state index < -0.39 is 0 Å². The Bertz CT molecular complexity index is 356. The molecule has 90 valence electrons. The van der Waals surface area contributed by atoms with Crippen molar-refractivity contribution in [3.63, 3.8) is 0 Å². The molecule has 16 heavy (non-hydrogen) atoms. The summed E-state index contributed by atoms with van der Waals surface area (Å²) in [6, 6.07) is 0.0514. The fraction of sp³-hybridized carbons (Fsp3) is 0.750. The summed E-state index contributed by atoms with van der Waals surface area (Å²) < 4.78 is 1.79. The number of aryl methyl sites for hydroxylation is 1. The first-order chi connectivity index (χ1) is 7.49. The molecule has 1 aliphatic carbocycles. The zero-order chi connectivity index (χ0) is 11.8. The van der Waals surface area contributed by atoms with Crippen LogP contribution in [0.15, 0.2) is 12.4 Å². The van der Waals surface area contributed by atoms with Crippen molar-refractivity contribution < 1.29 is 0 Å². The molecule has 1 heterocycles. The zero-order valence-corrected chi connectivity index (χ0v) is 10.4. The Labute approximate surface area is 97.2 Å². The van der Waals surface area contributed by atoms with E-state index in [4.69, 9.17) is 5.73 Å². The van der Waals surface area contributed by atoms with Crippen LogP contribution in [0.1, 0.15) is 31.9 Å². The van der Waals surface area contributed by atoms with E-state index in [1.165, 1.54) is 6.42 Å². The smallest absolute Gasteiger partial charge is 0.0537 e. The maximum atomic E-state index is 6.07. The topological polar surface area (TPSA) is 55.9 Å². The van der Waals surface area contributed by atoms with Gasteiger partial charge in [-0.1, -0.05) is 13.8 Å². The van der Waals surface area contributed by atoms with Gasteiger partial charge in [0.2, 0.25) is 0 Å². The highest BCUT2D eigenvalue weighted by Crippen LogP contribution is 2.50. The summed E-state index contributed by atoms with van der Waals surface area (Å²) in [7, 11) is 1.91. The second-order valence-electron chi connectivity index (χ2n) is 5.60. The third kappa shape index (κ3) is 2.62. The van der Waals surface area contributed by atoms with Crippen molar-refractivity contribution in [1.29, 1.82) is 0 Å². The Morgan fingerprint density at radius 3 is 2.88 bits per heavy atom. The van der Waals surface area contributed by atoms with Crippen molar-refractivity contribution in [3.8, 4) is 0 Å². The van der Waals surface area contributed by atoms with E-state index in [0.717, 1.165) is 24.6 Å². The molecular formula is C12H22N4. The summed E-state index contributed by atoms with van der Waals surface area (Å²) in [6.45, 7) is 6.56. The molecule has 0 aliphatic heterocycles. The minimum absolute atomic E-state index is 0.0514. The van der Waals surface area contributed by atoms with Crippen LogP contribution < -0.4 is 11.1 Å².